The second kappa shape index (κ2) is 10.1. The van der Waals surface area contributed by atoms with Crippen molar-refractivity contribution in [3.05, 3.63) is 70.0 Å². The van der Waals surface area contributed by atoms with Crippen LogP contribution < -0.4 is 10.6 Å². The van der Waals surface area contributed by atoms with Crippen LogP contribution in [-0.4, -0.2) is 44.6 Å². The van der Waals surface area contributed by atoms with Crippen molar-refractivity contribution in [1.29, 1.82) is 5.26 Å². The largest absolute Gasteiger partial charge is 0.349 e. The maximum absolute atomic E-state index is 13.1. The Morgan fingerprint density at radius 1 is 1.39 bits per heavy atom. The van der Waals surface area contributed by atoms with E-state index in [1.54, 1.807) is 12.1 Å². The number of nitrogens with one attached hydrogen (secondary N) is 2. The van der Waals surface area contributed by atoms with E-state index in [0.717, 1.165) is 18.4 Å². The molecular weight excluding hydrogens is 460 g/mol. The highest BCUT2D eigenvalue weighted by Gasteiger charge is 2.33. The van der Waals surface area contributed by atoms with Gasteiger partial charge in [-0.05, 0) is 48.9 Å². The number of aromatic nitrogens is 3. The zero-order valence-electron chi connectivity index (χ0n) is 17.8. The van der Waals surface area contributed by atoms with E-state index in [4.69, 9.17) is 16.9 Å². The predicted octanol–water partition coefficient (Wildman–Crippen LogP) is 3.38. The molecule has 0 radical (unpaired) electrons. The molecule has 2 aromatic heterocycles. The zero-order valence-corrected chi connectivity index (χ0v) is 19.4. The van der Waals surface area contributed by atoms with Crippen LogP contribution in [0.2, 0.25) is 5.02 Å². The molecule has 0 saturated heterocycles. The SMILES string of the molecule is CSCC(=O)Nc1c2c(nn1-c1ccc(C#N)cn1)CC(CCc1cccc(Cl)c1)NC2=O. The summed E-state index contributed by atoms with van der Waals surface area (Å²) in [4.78, 5) is 29.7. The molecule has 3 heterocycles. The first-order valence-electron chi connectivity index (χ1n) is 10.3. The second-order valence-electron chi connectivity index (χ2n) is 7.62. The molecule has 0 spiro atoms. The number of carbonyl (C=O) groups is 2. The molecule has 0 saturated carbocycles. The molecule has 1 aromatic carbocycles. The Hall–Kier alpha value is -3.35. The fourth-order valence-electron chi connectivity index (χ4n) is 3.75. The minimum Gasteiger partial charge on any atom is -0.349 e. The average molecular weight is 481 g/mol. The lowest BCUT2D eigenvalue weighted by Crippen LogP contribution is -2.41. The maximum atomic E-state index is 13.1. The van der Waals surface area contributed by atoms with Crippen LogP contribution in [0.25, 0.3) is 5.82 Å². The van der Waals surface area contributed by atoms with Gasteiger partial charge in [-0.2, -0.15) is 26.8 Å². The van der Waals surface area contributed by atoms with Crippen molar-refractivity contribution in [3.8, 4) is 11.9 Å². The predicted molar refractivity (Wildman–Crippen MR) is 128 cm³/mol. The number of benzene rings is 1. The molecule has 168 valence electrons. The minimum atomic E-state index is -0.285. The fraction of sp³-hybridized carbons (Fsp3) is 0.261. The molecule has 1 aliphatic rings. The van der Waals surface area contributed by atoms with E-state index >= 15 is 0 Å². The van der Waals surface area contributed by atoms with Gasteiger partial charge in [0.1, 0.15) is 11.6 Å². The summed E-state index contributed by atoms with van der Waals surface area (Å²) in [5, 5.41) is 20.2. The number of hydrogen-bond donors (Lipinski definition) is 2. The van der Waals surface area contributed by atoms with Gasteiger partial charge in [-0.15, -0.1) is 0 Å². The molecule has 4 rings (SSSR count). The van der Waals surface area contributed by atoms with Gasteiger partial charge in [-0.3, -0.25) is 9.59 Å². The molecule has 2 amide bonds. The standard InChI is InChI=1S/C23H21ClN6O2S/c1-33-13-20(31)28-22-21-18(29-30(22)19-8-6-15(11-25)12-26-19)10-17(27-23(21)32)7-5-14-3-2-4-16(24)9-14/h2-4,6,8-9,12,17H,5,7,10,13H2,1H3,(H,27,32)(H,28,31). The molecule has 0 aliphatic carbocycles. The molecule has 0 bridgehead atoms. The van der Waals surface area contributed by atoms with Crippen LogP contribution in [0.5, 0.6) is 0 Å². The van der Waals surface area contributed by atoms with Crippen molar-refractivity contribution in [2.24, 2.45) is 0 Å². The molecule has 10 heteroatoms. The van der Waals surface area contributed by atoms with E-state index in [9.17, 15) is 9.59 Å². The Labute approximate surface area is 200 Å². The van der Waals surface area contributed by atoms with Crippen LogP contribution in [0, 0.1) is 11.3 Å². The Morgan fingerprint density at radius 2 is 2.24 bits per heavy atom. The van der Waals surface area contributed by atoms with Gasteiger partial charge in [0.15, 0.2) is 11.6 Å². The molecule has 1 unspecified atom stereocenters. The summed E-state index contributed by atoms with van der Waals surface area (Å²) < 4.78 is 1.46. The monoisotopic (exact) mass is 480 g/mol. The van der Waals surface area contributed by atoms with E-state index in [2.05, 4.69) is 20.7 Å². The molecular formula is C23H21ClN6O2S. The Kier molecular flexibility index (Phi) is 6.96. The number of carbonyl (C=O) groups excluding carboxylic acids is 2. The Morgan fingerprint density at radius 3 is 2.94 bits per heavy atom. The van der Waals surface area contributed by atoms with Gasteiger partial charge in [-0.25, -0.2) is 4.98 Å². The van der Waals surface area contributed by atoms with Gasteiger partial charge in [0, 0.05) is 23.7 Å². The van der Waals surface area contributed by atoms with E-state index < -0.39 is 0 Å². The van der Waals surface area contributed by atoms with Crippen LogP contribution in [0.4, 0.5) is 5.82 Å². The van der Waals surface area contributed by atoms with E-state index in [1.807, 2.05) is 36.6 Å². The average Bonchev–Trinajstić information content (AvgIpc) is 3.16. The second-order valence-corrected chi connectivity index (χ2v) is 8.93. The highest BCUT2D eigenvalue weighted by atomic mass is 35.5. The molecule has 1 atom stereocenters. The van der Waals surface area contributed by atoms with Crippen molar-refractivity contribution < 1.29 is 9.59 Å². The Bertz CT molecular complexity index is 1230. The van der Waals surface area contributed by atoms with Crippen LogP contribution in [0.15, 0.2) is 42.6 Å². The number of fused-ring (bicyclic) bond motifs is 1. The molecule has 3 aromatic rings. The zero-order chi connectivity index (χ0) is 23.4. The van der Waals surface area contributed by atoms with Gasteiger partial charge < -0.3 is 10.6 Å². The Balaban J connectivity index is 1.63. The summed E-state index contributed by atoms with van der Waals surface area (Å²) >= 11 is 7.45. The van der Waals surface area contributed by atoms with Crippen LogP contribution in [0.1, 0.15) is 33.6 Å². The molecule has 1 aliphatic heterocycles. The fourth-order valence-corrected chi connectivity index (χ4v) is 4.30. The summed E-state index contributed by atoms with van der Waals surface area (Å²) in [5.41, 5.74) is 2.44. The lowest BCUT2D eigenvalue weighted by atomic mass is 9.96. The van der Waals surface area contributed by atoms with E-state index in [1.165, 1.54) is 22.6 Å². The van der Waals surface area contributed by atoms with Crippen LogP contribution >= 0.6 is 23.4 Å². The number of nitrogens with zero attached hydrogens (tertiary/aromatic N) is 4. The van der Waals surface area contributed by atoms with E-state index in [0.29, 0.717) is 34.1 Å². The maximum Gasteiger partial charge on any atom is 0.257 e. The molecule has 33 heavy (non-hydrogen) atoms. The van der Waals surface area contributed by atoms with Gasteiger partial charge in [0.25, 0.3) is 5.91 Å². The first-order chi connectivity index (χ1) is 16.0. The highest BCUT2D eigenvalue weighted by molar-refractivity contribution is 7.99. The number of thioether (sulfide) groups is 1. The summed E-state index contributed by atoms with van der Waals surface area (Å²) in [6.07, 6.45) is 5.26. The van der Waals surface area contributed by atoms with Gasteiger partial charge >= 0.3 is 0 Å². The number of halogens is 1. The van der Waals surface area contributed by atoms with Crippen molar-refractivity contribution in [2.45, 2.75) is 25.3 Å². The minimum absolute atomic E-state index is 0.101. The molecule has 2 N–H and O–H groups in total. The first-order valence-corrected chi connectivity index (χ1v) is 12.1. The number of hydrogen-bond acceptors (Lipinski definition) is 6. The molecule has 8 nitrogen and oxygen atoms in total. The topological polar surface area (TPSA) is 113 Å². The number of nitriles is 1. The lowest BCUT2D eigenvalue weighted by molar-refractivity contribution is -0.113. The summed E-state index contributed by atoms with van der Waals surface area (Å²) in [6.45, 7) is 0. The molecule has 0 fully saturated rings. The van der Waals surface area contributed by atoms with E-state index in [-0.39, 0.29) is 29.4 Å². The third-order valence-electron chi connectivity index (χ3n) is 5.26. The lowest BCUT2D eigenvalue weighted by Gasteiger charge is -2.23. The number of pyridine rings is 1. The van der Waals surface area contributed by atoms with Crippen molar-refractivity contribution >= 4 is 41.0 Å². The third kappa shape index (κ3) is 5.18. The number of amides is 2. The first kappa shape index (κ1) is 22.8. The van der Waals surface area contributed by atoms with Crippen molar-refractivity contribution in [2.75, 3.05) is 17.3 Å². The number of rotatable bonds is 7. The smallest absolute Gasteiger partial charge is 0.257 e. The highest BCUT2D eigenvalue weighted by Crippen LogP contribution is 2.28. The summed E-state index contributed by atoms with van der Waals surface area (Å²) in [6, 6.07) is 12.8. The third-order valence-corrected chi connectivity index (χ3v) is 6.04. The van der Waals surface area contributed by atoms with Gasteiger partial charge in [-0.1, -0.05) is 23.7 Å². The number of aryl methyl sites for hydroxylation is 1. The number of anilines is 1. The van der Waals surface area contributed by atoms with Crippen LogP contribution in [0.3, 0.4) is 0 Å². The van der Waals surface area contributed by atoms with Crippen molar-refractivity contribution in [3.63, 3.8) is 0 Å². The van der Waals surface area contributed by atoms with Gasteiger partial charge in [0.05, 0.1) is 17.0 Å². The van der Waals surface area contributed by atoms with Crippen LogP contribution in [-0.2, 0) is 17.6 Å². The normalized spacial score (nSPS) is 14.8. The summed E-state index contributed by atoms with van der Waals surface area (Å²) in [5.74, 6) is 0.408. The quantitative estimate of drug-likeness (QED) is 0.536. The van der Waals surface area contributed by atoms with Gasteiger partial charge in [0.2, 0.25) is 5.91 Å². The van der Waals surface area contributed by atoms with Crippen molar-refractivity contribution in [1.82, 2.24) is 20.1 Å². The summed E-state index contributed by atoms with van der Waals surface area (Å²) in [7, 11) is 0.